The van der Waals surface area contributed by atoms with Crippen molar-refractivity contribution in [3.63, 3.8) is 0 Å². The molecule has 0 spiro atoms. The van der Waals surface area contributed by atoms with Gasteiger partial charge in [-0.05, 0) is 48.9 Å². The number of halogens is 1. The number of hydrogen-bond donors (Lipinski definition) is 1. The summed E-state index contributed by atoms with van der Waals surface area (Å²) in [5.74, 6) is -1.21. The summed E-state index contributed by atoms with van der Waals surface area (Å²) in [6, 6.07) is 19.5. The van der Waals surface area contributed by atoms with E-state index in [0.29, 0.717) is 5.02 Å². The van der Waals surface area contributed by atoms with Gasteiger partial charge >= 0.3 is 5.97 Å². The molecular weight excluding hydrogens is 464 g/mol. The number of rotatable bonds is 8. The van der Waals surface area contributed by atoms with E-state index in [2.05, 4.69) is 5.32 Å². The number of carbonyl (C=O) groups is 2. The lowest BCUT2D eigenvalue weighted by atomic mass is 10.1. The number of benzene rings is 3. The standard InChI is InChI=1S/C24H23ClN2O5S/c1-17-6-5-7-18(14-17)15-27(33(30,31)20-12-10-19(25)11-13-20)16-23(28)26-22-9-4-3-8-21(22)24(29)32-2/h3-14H,15-16H2,1-2H3,(H,26,28). The lowest BCUT2D eigenvalue weighted by Gasteiger charge is -2.22. The Bertz CT molecular complexity index is 1260. The molecule has 0 heterocycles. The van der Waals surface area contributed by atoms with Crippen LogP contribution in [0, 0.1) is 6.92 Å². The molecule has 0 saturated heterocycles. The van der Waals surface area contributed by atoms with Crippen molar-refractivity contribution in [3.8, 4) is 0 Å². The Hall–Kier alpha value is -3.20. The minimum Gasteiger partial charge on any atom is -0.465 e. The van der Waals surface area contributed by atoms with Crippen molar-refractivity contribution in [2.24, 2.45) is 0 Å². The van der Waals surface area contributed by atoms with E-state index in [-0.39, 0.29) is 22.7 Å². The lowest BCUT2D eigenvalue weighted by molar-refractivity contribution is -0.116. The van der Waals surface area contributed by atoms with E-state index in [4.69, 9.17) is 16.3 Å². The molecule has 0 radical (unpaired) electrons. The second kappa shape index (κ2) is 10.6. The highest BCUT2D eigenvalue weighted by atomic mass is 35.5. The minimum atomic E-state index is -4.03. The van der Waals surface area contributed by atoms with Gasteiger partial charge in [-0.2, -0.15) is 4.31 Å². The number of esters is 1. The molecule has 0 atom stereocenters. The van der Waals surface area contributed by atoms with Gasteiger partial charge in [0.15, 0.2) is 0 Å². The van der Waals surface area contributed by atoms with Crippen LogP contribution in [0.3, 0.4) is 0 Å². The van der Waals surface area contributed by atoms with E-state index in [9.17, 15) is 18.0 Å². The SMILES string of the molecule is COC(=O)c1ccccc1NC(=O)CN(Cc1cccc(C)c1)S(=O)(=O)c1ccc(Cl)cc1. The smallest absolute Gasteiger partial charge is 0.339 e. The number of nitrogens with zero attached hydrogens (tertiary/aromatic N) is 1. The zero-order chi connectivity index (χ0) is 24.0. The van der Waals surface area contributed by atoms with Gasteiger partial charge in [0.05, 0.1) is 29.8 Å². The lowest BCUT2D eigenvalue weighted by Crippen LogP contribution is -2.37. The number of hydrogen-bond acceptors (Lipinski definition) is 5. The number of nitrogens with one attached hydrogen (secondary N) is 1. The Labute approximate surface area is 198 Å². The normalized spacial score (nSPS) is 11.3. The van der Waals surface area contributed by atoms with Gasteiger partial charge in [-0.25, -0.2) is 13.2 Å². The molecule has 0 unspecified atom stereocenters. The first-order valence-electron chi connectivity index (χ1n) is 9.99. The summed E-state index contributed by atoms with van der Waals surface area (Å²) in [7, 11) is -2.79. The highest BCUT2D eigenvalue weighted by Gasteiger charge is 2.27. The maximum absolute atomic E-state index is 13.4. The molecule has 0 aromatic heterocycles. The molecule has 0 fully saturated rings. The molecule has 1 amide bonds. The Balaban J connectivity index is 1.90. The van der Waals surface area contributed by atoms with E-state index >= 15 is 0 Å². The molecule has 0 aliphatic rings. The number of carbonyl (C=O) groups excluding carboxylic acids is 2. The highest BCUT2D eigenvalue weighted by molar-refractivity contribution is 7.89. The maximum atomic E-state index is 13.4. The summed E-state index contributed by atoms with van der Waals surface area (Å²) in [5.41, 5.74) is 2.09. The second-order valence-electron chi connectivity index (χ2n) is 7.30. The Morgan fingerprint density at radius 2 is 1.70 bits per heavy atom. The van der Waals surface area contributed by atoms with Crippen molar-refractivity contribution in [2.45, 2.75) is 18.4 Å². The fourth-order valence-electron chi connectivity index (χ4n) is 3.23. The van der Waals surface area contributed by atoms with Gasteiger partial charge in [0.2, 0.25) is 15.9 Å². The molecular formula is C24H23ClN2O5S. The minimum absolute atomic E-state index is 0.0152. The third kappa shape index (κ3) is 6.19. The average molecular weight is 487 g/mol. The van der Waals surface area contributed by atoms with Gasteiger partial charge in [-0.1, -0.05) is 53.6 Å². The summed E-state index contributed by atoms with van der Waals surface area (Å²) in [6.45, 7) is 1.42. The molecule has 172 valence electrons. The fraction of sp³-hybridized carbons (Fsp3) is 0.167. The molecule has 3 aromatic rings. The van der Waals surface area contributed by atoms with Crippen LogP contribution >= 0.6 is 11.6 Å². The Morgan fingerprint density at radius 3 is 2.36 bits per heavy atom. The number of methoxy groups -OCH3 is 1. The van der Waals surface area contributed by atoms with Gasteiger partial charge in [-0.3, -0.25) is 4.79 Å². The van der Waals surface area contributed by atoms with Gasteiger partial charge in [0, 0.05) is 11.6 Å². The molecule has 9 heteroatoms. The average Bonchev–Trinajstić information content (AvgIpc) is 2.79. The fourth-order valence-corrected chi connectivity index (χ4v) is 4.74. The zero-order valence-electron chi connectivity index (χ0n) is 18.1. The van der Waals surface area contributed by atoms with Crippen molar-refractivity contribution >= 4 is 39.2 Å². The van der Waals surface area contributed by atoms with Gasteiger partial charge < -0.3 is 10.1 Å². The van der Waals surface area contributed by atoms with Crippen LogP contribution in [0.15, 0.2) is 77.7 Å². The quantitative estimate of drug-likeness (QED) is 0.480. The first-order chi connectivity index (χ1) is 15.7. The van der Waals surface area contributed by atoms with Crippen LogP contribution in [0.1, 0.15) is 21.5 Å². The molecule has 0 aliphatic heterocycles. The van der Waals surface area contributed by atoms with E-state index in [1.54, 1.807) is 24.3 Å². The predicted molar refractivity (Wildman–Crippen MR) is 127 cm³/mol. The zero-order valence-corrected chi connectivity index (χ0v) is 19.7. The summed E-state index contributed by atoms with van der Waals surface area (Å²) in [5, 5.41) is 3.02. The number of ether oxygens (including phenoxy) is 1. The van der Waals surface area contributed by atoms with Crippen LogP contribution < -0.4 is 5.32 Å². The predicted octanol–water partition coefficient (Wildman–Crippen LogP) is 4.26. The molecule has 33 heavy (non-hydrogen) atoms. The largest absolute Gasteiger partial charge is 0.465 e. The topological polar surface area (TPSA) is 92.8 Å². The molecule has 0 saturated carbocycles. The van der Waals surface area contributed by atoms with Gasteiger partial charge in [0.1, 0.15) is 0 Å². The van der Waals surface area contributed by atoms with Crippen molar-refractivity contribution in [1.29, 1.82) is 0 Å². The molecule has 7 nitrogen and oxygen atoms in total. The van der Waals surface area contributed by atoms with Crippen LogP contribution in [0.25, 0.3) is 0 Å². The Kier molecular flexibility index (Phi) is 7.86. The summed E-state index contributed by atoms with van der Waals surface area (Å²) in [4.78, 5) is 24.9. The van der Waals surface area contributed by atoms with Crippen molar-refractivity contribution < 1.29 is 22.7 Å². The van der Waals surface area contributed by atoms with Crippen LogP contribution in [0.4, 0.5) is 5.69 Å². The van der Waals surface area contributed by atoms with Gasteiger partial charge in [0.25, 0.3) is 0 Å². The van der Waals surface area contributed by atoms with E-state index in [1.165, 1.54) is 37.4 Å². The van der Waals surface area contributed by atoms with Crippen LogP contribution in [0.5, 0.6) is 0 Å². The van der Waals surface area contributed by atoms with E-state index < -0.39 is 28.4 Å². The van der Waals surface area contributed by atoms with Gasteiger partial charge in [-0.15, -0.1) is 0 Å². The molecule has 3 aromatic carbocycles. The van der Waals surface area contributed by atoms with Crippen molar-refractivity contribution in [3.05, 3.63) is 94.5 Å². The van der Waals surface area contributed by atoms with Crippen LogP contribution in [0.2, 0.25) is 5.02 Å². The highest BCUT2D eigenvalue weighted by Crippen LogP contribution is 2.22. The molecule has 1 N–H and O–H groups in total. The maximum Gasteiger partial charge on any atom is 0.339 e. The van der Waals surface area contributed by atoms with Crippen LogP contribution in [-0.4, -0.2) is 38.3 Å². The second-order valence-corrected chi connectivity index (χ2v) is 9.68. The van der Waals surface area contributed by atoms with E-state index in [1.807, 2.05) is 25.1 Å². The number of aryl methyl sites for hydroxylation is 1. The number of sulfonamides is 1. The Morgan fingerprint density at radius 1 is 1.00 bits per heavy atom. The van der Waals surface area contributed by atoms with E-state index in [0.717, 1.165) is 15.4 Å². The summed E-state index contributed by atoms with van der Waals surface area (Å²) < 4.78 is 32.6. The van der Waals surface area contributed by atoms with Crippen molar-refractivity contribution in [1.82, 2.24) is 4.31 Å². The first kappa shape index (κ1) is 24.4. The number of para-hydroxylation sites is 1. The van der Waals surface area contributed by atoms with Crippen LogP contribution in [-0.2, 0) is 26.1 Å². The number of amides is 1. The first-order valence-corrected chi connectivity index (χ1v) is 11.8. The molecule has 0 aliphatic carbocycles. The summed E-state index contributed by atoms with van der Waals surface area (Å²) in [6.07, 6.45) is 0. The third-order valence-corrected chi connectivity index (χ3v) is 6.88. The van der Waals surface area contributed by atoms with Crippen molar-refractivity contribution in [2.75, 3.05) is 19.0 Å². The third-order valence-electron chi connectivity index (χ3n) is 4.82. The number of anilines is 1. The monoisotopic (exact) mass is 486 g/mol. The molecule has 3 rings (SSSR count). The summed E-state index contributed by atoms with van der Waals surface area (Å²) >= 11 is 5.91. The molecule has 0 bridgehead atoms.